The number of hydrogen-bond acceptors (Lipinski definition) is 3. The van der Waals surface area contributed by atoms with Gasteiger partial charge in [-0.2, -0.15) is 0 Å². The number of nitrogens with one attached hydrogen (secondary N) is 1. The summed E-state index contributed by atoms with van der Waals surface area (Å²) < 4.78 is 0. The van der Waals surface area contributed by atoms with Crippen molar-refractivity contribution < 1.29 is 4.79 Å². The van der Waals surface area contributed by atoms with E-state index in [-0.39, 0.29) is 5.91 Å². The lowest BCUT2D eigenvalue weighted by Gasteiger charge is -2.21. The molecular formula is C23H29N3O. The molecule has 0 atom stereocenters. The van der Waals surface area contributed by atoms with Crippen molar-refractivity contribution in [2.45, 2.75) is 45.6 Å². The van der Waals surface area contributed by atoms with Crippen molar-refractivity contribution >= 4 is 11.7 Å². The van der Waals surface area contributed by atoms with Gasteiger partial charge in [-0.05, 0) is 56.7 Å². The Kier molecular flexibility index (Phi) is 7.03. The van der Waals surface area contributed by atoms with Gasteiger partial charge in [0.2, 0.25) is 0 Å². The zero-order valence-corrected chi connectivity index (χ0v) is 16.2. The standard InChI is InChI=1S/C23H29N3O/c1-2-26(18-20-11-7-4-8-12-20)23(27)21-14-16-25-22(17-21)24-15-13-19-9-5-3-6-10-19/h4,7-9,11-12,14,16-17H,2-3,5-6,10,13,15,18H2,1H3,(H,24,25). The van der Waals surface area contributed by atoms with E-state index in [0.29, 0.717) is 18.7 Å². The number of hydrogen-bond donors (Lipinski definition) is 1. The molecule has 0 fully saturated rings. The van der Waals surface area contributed by atoms with Gasteiger partial charge < -0.3 is 10.2 Å². The summed E-state index contributed by atoms with van der Waals surface area (Å²) in [6.45, 7) is 4.17. The highest BCUT2D eigenvalue weighted by atomic mass is 16.2. The van der Waals surface area contributed by atoms with Crippen LogP contribution in [0.15, 0.2) is 60.3 Å². The lowest BCUT2D eigenvalue weighted by molar-refractivity contribution is 0.0752. The number of benzene rings is 1. The van der Waals surface area contributed by atoms with Crippen LogP contribution >= 0.6 is 0 Å². The first-order valence-corrected chi connectivity index (χ1v) is 9.97. The predicted molar refractivity (Wildman–Crippen MR) is 111 cm³/mol. The molecule has 2 aromatic rings. The Labute approximate surface area is 162 Å². The van der Waals surface area contributed by atoms with E-state index in [0.717, 1.165) is 24.3 Å². The molecule has 0 radical (unpaired) electrons. The molecule has 1 aromatic heterocycles. The fraction of sp³-hybridized carbons (Fsp3) is 0.391. The number of amides is 1. The number of aromatic nitrogens is 1. The van der Waals surface area contributed by atoms with Gasteiger partial charge in [0.15, 0.2) is 0 Å². The molecule has 4 nitrogen and oxygen atoms in total. The van der Waals surface area contributed by atoms with Crippen molar-refractivity contribution in [3.63, 3.8) is 0 Å². The van der Waals surface area contributed by atoms with E-state index < -0.39 is 0 Å². The second-order valence-corrected chi connectivity index (χ2v) is 7.02. The van der Waals surface area contributed by atoms with Crippen molar-refractivity contribution in [3.8, 4) is 0 Å². The summed E-state index contributed by atoms with van der Waals surface area (Å²) in [5.41, 5.74) is 3.36. The van der Waals surface area contributed by atoms with Crippen LogP contribution in [0.2, 0.25) is 0 Å². The SMILES string of the molecule is CCN(Cc1ccccc1)C(=O)c1ccnc(NCCC2=CCCCC2)c1. The van der Waals surface area contributed by atoms with Crippen molar-refractivity contribution in [1.82, 2.24) is 9.88 Å². The molecule has 0 bridgehead atoms. The zero-order chi connectivity index (χ0) is 18.9. The van der Waals surface area contributed by atoms with E-state index in [2.05, 4.69) is 28.5 Å². The van der Waals surface area contributed by atoms with Gasteiger partial charge >= 0.3 is 0 Å². The highest BCUT2D eigenvalue weighted by Gasteiger charge is 2.15. The number of allylic oxidation sites excluding steroid dienone is 1. The largest absolute Gasteiger partial charge is 0.370 e. The molecule has 1 aliphatic rings. The van der Waals surface area contributed by atoms with Crippen LogP contribution in [0.5, 0.6) is 0 Å². The number of carbonyl (C=O) groups excluding carboxylic acids is 1. The molecule has 0 unspecified atom stereocenters. The molecule has 142 valence electrons. The number of carbonyl (C=O) groups is 1. The van der Waals surface area contributed by atoms with Crippen molar-refractivity contribution in [1.29, 1.82) is 0 Å². The van der Waals surface area contributed by atoms with Crippen LogP contribution < -0.4 is 5.32 Å². The van der Waals surface area contributed by atoms with Crippen LogP contribution in [-0.4, -0.2) is 28.9 Å². The molecule has 0 spiro atoms. The van der Waals surface area contributed by atoms with Crippen LogP contribution in [0.3, 0.4) is 0 Å². The molecule has 1 amide bonds. The third-order valence-electron chi connectivity index (χ3n) is 5.03. The molecule has 0 saturated carbocycles. The second-order valence-electron chi connectivity index (χ2n) is 7.02. The smallest absolute Gasteiger partial charge is 0.254 e. The number of pyridine rings is 1. The first kappa shape index (κ1) is 19.2. The Morgan fingerprint density at radius 3 is 2.78 bits per heavy atom. The van der Waals surface area contributed by atoms with Gasteiger partial charge in [0.25, 0.3) is 5.91 Å². The Morgan fingerprint density at radius 1 is 1.19 bits per heavy atom. The molecule has 1 aromatic carbocycles. The van der Waals surface area contributed by atoms with Gasteiger partial charge in [0.05, 0.1) is 0 Å². The van der Waals surface area contributed by atoms with Crippen molar-refractivity contribution in [2.75, 3.05) is 18.4 Å². The van der Waals surface area contributed by atoms with E-state index in [9.17, 15) is 4.79 Å². The molecule has 0 saturated heterocycles. The second kappa shape index (κ2) is 9.91. The first-order valence-electron chi connectivity index (χ1n) is 9.97. The van der Waals surface area contributed by atoms with Crippen molar-refractivity contribution in [3.05, 3.63) is 71.4 Å². The zero-order valence-electron chi connectivity index (χ0n) is 16.2. The minimum atomic E-state index is 0.0433. The lowest BCUT2D eigenvalue weighted by Crippen LogP contribution is -2.30. The fourth-order valence-electron chi connectivity index (χ4n) is 3.46. The van der Waals surface area contributed by atoms with Gasteiger partial charge in [-0.25, -0.2) is 4.98 Å². The van der Waals surface area contributed by atoms with E-state index in [1.807, 2.05) is 36.1 Å². The predicted octanol–water partition coefficient (Wildman–Crippen LogP) is 5.05. The average Bonchev–Trinajstić information content (AvgIpc) is 2.73. The Bertz CT molecular complexity index is 770. The van der Waals surface area contributed by atoms with Gasteiger partial charge in [-0.15, -0.1) is 0 Å². The Morgan fingerprint density at radius 2 is 2.04 bits per heavy atom. The molecule has 1 heterocycles. The molecule has 1 aliphatic carbocycles. The normalized spacial score (nSPS) is 13.7. The van der Waals surface area contributed by atoms with Gasteiger partial charge in [-0.3, -0.25) is 4.79 Å². The number of rotatable bonds is 8. The molecule has 27 heavy (non-hydrogen) atoms. The van der Waals surface area contributed by atoms with Crippen LogP contribution in [0.1, 0.15) is 54.9 Å². The molecule has 4 heteroatoms. The highest BCUT2D eigenvalue weighted by molar-refractivity contribution is 5.94. The van der Waals surface area contributed by atoms with Gasteiger partial charge in [-0.1, -0.05) is 42.0 Å². The third kappa shape index (κ3) is 5.68. The summed E-state index contributed by atoms with van der Waals surface area (Å²) in [7, 11) is 0. The van der Waals surface area contributed by atoms with E-state index in [4.69, 9.17) is 0 Å². The van der Waals surface area contributed by atoms with Crippen LogP contribution in [-0.2, 0) is 6.54 Å². The maximum absolute atomic E-state index is 12.9. The summed E-state index contributed by atoms with van der Waals surface area (Å²) in [6, 6.07) is 13.8. The summed E-state index contributed by atoms with van der Waals surface area (Å²) in [5, 5.41) is 3.37. The summed E-state index contributed by atoms with van der Waals surface area (Å²) in [5.74, 6) is 0.815. The molecule has 1 N–H and O–H groups in total. The van der Waals surface area contributed by atoms with E-state index in [1.165, 1.54) is 25.7 Å². The monoisotopic (exact) mass is 363 g/mol. The van der Waals surface area contributed by atoms with E-state index in [1.54, 1.807) is 17.8 Å². The summed E-state index contributed by atoms with van der Waals surface area (Å²) in [6.07, 6.45) is 10.2. The minimum Gasteiger partial charge on any atom is -0.370 e. The third-order valence-corrected chi connectivity index (χ3v) is 5.03. The Hall–Kier alpha value is -2.62. The maximum atomic E-state index is 12.9. The van der Waals surface area contributed by atoms with Crippen molar-refractivity contribution in [2.24, 2.45) is 0 Å². The first-order chi connectivity index (χ1) is 13.3. The Balaban J connectivity index is 1.59. The summed E-state index contributed by atoms with van der Waals surface area (Å²) in [4.78, 5) is 19.1. The minimum absolute atomic E-state index is 0.0433. The van der Waals surface area contributed by atoms with E-state index >= 15 is 0 Å². The van der Waals surface area contributed by atoms with Gasteiger partial charge in [0.1, 0.15) is 5.82 Å². The van der Waals surface area contributed by atoms with Gasteiger partial charge in [0, 0.05) is 31.4 Å². The van der Waals surface area contributed by atoms with Crippen LogP contribution in [0, 0.1) is 0 Å². The fourth-order valence-corrected chi connectivity index (χ4v) is 3.46. The summed E-state index contributed by atoms with van der Waals surface area (Å²) >= 11 is 0. The maximum Gasteiger partial charge on any atom is 0.254 e. The molecule has 0 aliphatic heterocycles. The quantitative estimate of drug-likeness (QED) is 0.668. The van der Waals surface area contributed by atoms with Crippen LogP contribution in [0.4, 0.5) is 5.82 Å². The molecule has 3 rings (SSSR count). The number of nitrogens with zero attached hydrogens (tertiary/aromatic N) is 2. The topological polar surface area (TPSA) is 45.2 Å². The average molecular weight is 364 g/mol. The highest BCUT2D eigenvalue weighted by Crippen LogP contribution is 2.20. The van der Waals surface area contributed by atoms with Crippen LogP contribution in [0.25, 0.3) is 0 Å². The number of anilines is 1. The lowest BCUT2D eigenvalue weighted by atomic mass is 9.97. The molecular weight excluding hydrogens is 334 g/mol.